The fourth-order valence-corrected chi connectivity index (χ4v) is 2.96. The van der Waals surface area contributed by atoms with Gasteiger partial charge in [0.25, 0.3) is 0 Å². The SMILES string of the molecule is CC(C)(C)SN[C@@H]1CCOc2cccnc21.Fc1cccc(OC(F)(F)F)c1. The van der Waals surface area contributed by atoms with Crippen LogP contribution in [0.1, 0.15) is 38.9 Å². The van der Waals surface area contributed by atoms with E-state index in [4.69, 9.17) is 4.74 Å². The molecule has 154 valence electrons. The Balaban J connectivity index is 0.000000209. The summed E-state index contributed by atoms with van der Waals surface area (Å²) in [5.74, 6) is -0.403. The summed E-state index contributed by atoms with van der Waals surface area (Å²) in [6, 6.07) is 8.05. The number of nitrogens with zero attached hydrogens (tertiary/aromatic N) is 1. The van der Waals surface area contributed by atoms with Crippen LogP contribution in [0.3, 0.4) is 0 Å². The van der Waals surface area contributed by atoms with E-state index in [1.165, 1.54) is 0 Å². The Hall–Kier alpha value is -2.00. The molecule has 0 radical (unpaired) electrons. The molecule has 0 fully saturated rings. The van der Waals surface area contributed by atoms with Gasteiger partial charge in [-0.05, 0) is 45.0 Å². The van der Waals surface area contributed by atoms with Crippen molar-refractivity contribution in [1.82, 2.24) is 9.71 Å². The van der Waals surface area contributed by atoms with E-state index < -0.39 is 17.9 Å². The minimum absolute atomic E-state index is 0.216. The third-order valence-corrected chi connectivity index (χ3v) is 4.35. The number of fused-ring (bicyclic) bond motifs is 1. The second kappa shape index (κ2) is 9.47. The number of alkyl halides is 3. The Morgan fingerprint density at radius 1 is 1.18 bits per heavy atom. The number of pyridine rings is 1. The molecule has 0 unspecified atom stereocenters. The number of nitrogens with one attached hydrogen (secondary N) is 1. The molecule has 9 heteroatoms. The van der Waals surface area contributed by atoms with E-state index in [0.717, 1.165) is 42.7 Å². The van der Waals surface area contributed by atoms with Gasteiger partial charge >= 0.3 is 6.36 Å². The van der Waals surface area contributed by atoms with Crippen LogP contribution in [0, 0.1) is 5.82 Å². The summed E-state index contributed by atoms with van der Waals surface area (Å²) in [4.78, 5) is 4.40. The molecule has 0 saturated heterocycles. The van der Waals surface area contributed by atoms with Crippen LogP contribution in [-0.2, 0) is 0 Å². The quantitative estimate of drug-likeness (QED) is 0.514. The summed E-state index contributed by atoms with van der Waals surface area (Å²) in [6.07, 6.45) is -1.97. The van der Waals surface area contributed by atoms with Crippen LogP contribution in [0.25, 0.3) is 0 Å². The second-order valence-corrected chi connectivity index (χ2v) is 8.58. The Kier molecular flexibility index (Phi) is 7.54. The first-order valence-corrected chi connectivity index (χ1v) is 9.38. The lowest BCUT2D eigenvalue weighted by Crippen LogP contribution is -2.27. The molecular formula is C19H22F4N2O2S. The normalized spacial score (nSPS) is 16.3. The van der Waals surface area contributed by atoms with E-state index in [2.05, 4.69) is 35.2 Å². The van der Waals surface area contributed by atoms with Crippen LogP contribution in [0.4, 0.5) is 17.6 Å². The Labute approximate surface area is 165 Å². The van der Waals surface area contributed by atoms with Crippen LogP contribution in [0.15, 0.2) is 42.6 Å². The van der Waals surface area contributed by atoms with Crippen molar-refractivity contribution in [2.75, 3.05) is 6.61 Å². The van der Waals surface area contributed by atoms with Gasteiger partial charge in [0.05, 0.1) is 12.6 Å². The van der Waals surface area contributed by atoms with Crippen molar-refractivity contribution in [2.45, 2.75) is 44.3 Å². The van der Waals surface area contributed by atoms with Gasteiger partial charge in [-0.25, -0.2) is 4.39 Å². The van der Waals surface area contributed by atoms with Gasteiger partial charge in [0.15, 0.2) is 0 Å². The maximum atomic E-state index is 12.3. The summed E-state index contributed by atoms with van der Waals surface area (Å²) in [6.45, 7) is 7.36. The standard InChI is InChI=1S/C12H18N2OS.C7H4F4O/c1-12(2,3)16-14-9-6-8-15-10-5-4-7-13-11(9)10;8-5-2-1-3-6(4-5)12-7(9,10)11/h4-5,7,9,14H,6,8H2,1-3H3;1-4H/t9-;/m1./s1. The molecule has 1 atom stereocenters. The second-order valence-electron chi connectivity index (χ2n) is 6.91. The van der Waals surface area contributed by atoms with E-state index in [-0.39, 0.29) is 4.75 Å². The zero-order chi connectivity index (χ0) is 20.8. The first-order valence-electron chi connectivity index (χ1n) is 8.56. The molecule has 0 spiro atoms. The summed E-state index contributed by atoms with van der Waals surface area (Å²) >= 11 is 1.76. The van der Waals surface area contributed by atoms with Gasteiger partial charge in [-0.3, -0.25) is 9.71 Å². The highest BCUT2D eigenvalue weighted by Crippen LogP contribution is 2.33. The highest BCUT2D eigenvalue weighted by molar-refractivity contribution is 7.98. The van der Waals surface area contributed by atoms with Gasteiger partial charge in [-0.1, -0.05) is 18.0 Å². The first-order chi connectivity index (χ1) is 13.0. The highest BCUT2D eigenvalue weighted by atomic mass is 32.2. The van der Waals surface area contributed by atoms with Crippen LogP contribution in [0.5, 0.6) is 11.5 Å². The molecule has 0 amide bonds. The summed E-state index contributed by atoms with van der Waals surface area (Å²) in [7, 11) is 0. The van der Waals surface area contributed by atoms with Gasteiger partial charge in [0.1, 0.15) is 23.0 Å². The molecule has 2 heterocycles. The molecule has 0 aliphatic carbocycles. The van der Waals surface area contributed by atoms with Gasteiger partial charge in [-0.15, -0.1) is 13.2 Å². The smallest absolute Gasteiger partial charge is 0.492 e. The molecular weight excluding hydrogens is 396 g/mol. The monoisotopic (exact) mass is 418 g/mol. The van der Waals surface area contributed by atoms with E-state index in [1.54, 1.807) is 11.9 Å². The van der Waals surface area contributed by atoms with Crippen molar-refractivity contribution in [3.05, 3.63) is 54.1 Å². The average molecular weight is 418 g/mol. The molecule has 4 nitrogen and oxygen atoms in total. The minimum Gasteiger partial charge on any atom is -0.492 e. The number of hydrogen-bond donors (Lipinski definition) is 1. The lowest BCUT2D eigenvalue weighted by Gasteiger charge is -2.28. The summed E-state index contributed by atoms with van der Waals surface area (Å²) in [5.41, 5.74) is 1.03. The molecule has 1 N–H and O–H groups in total. The molecule has 1 aliphatic heterocycles. The summed E-state index contributed by atoms with van der Waals surface area (Å²) in [5, 5.41) is 0. The molecule has 1 aromatic carbocycles. The Morgan fingerprint density at radius 2 is 1.93 bits per heavy atom. The predicted molar refractivity (Wildman–Crippen MR) is 101 cm³/mol. The summed E-state index contributed by atoms with van der Waals surface area (Å²) < 4.78 is 59.6. The van der Waals surface area contributed by atoms with Crippen molar-refractivity contribution >= 4 is 11.9 Å². The molecule has 2 aromatic rings. The number of rotatable bonds is 3. The zero-order valence-electron chi connectivity index (χ0n) is 15.7. The van der Waals surface area contributed by atoms with E-state index >= 15 is 0 Å². The van der Waals surface area contributed by atoms with Gasteiger partial charge in [-0.2, -0.15) is 0 Å². The maximum Gasteiger partial charge on any atom is 0.573 e. The van der Waals surface area contributed by atoms with Gasteiger partial charge in [0.2, 0.25) is 0 Å². The first kappa shape index (κ1) is 22.3. The van der Waals surface area contributed by atoms with E-state index in [1.807, 2.05) is 18.3 Å². The van der Waals surface area contributed by atoms with Crippen LogP contribution in [0.2, 0.25) is 0 Å². The topological polar surface area (TPSA) is 43.4 Å². The van der Waals surface area contributed by atoms with Crippen molar-refractivity contribution in [2.24, 2.45) is 0 Å². The Morgan fingerprint density at radius 3 is 2.57 bits per heavy atom. The lowest BCUT2D eigenvalue weighted by molar-refractivity contribution is -0.274. The van der Waals surface area contributed by atoms with Gasteiger partial charge in [0, 0.05) is 23.4 Å². The largest absolute Gasteiger partial charge is 0.573 e. The van der Waals surface area contributed by atoms with Crippen LogP contribution < -0.4 is 14.2 Å². The molecule has 1 aromatic heterocycles. The fourth-order valence-electron chi connectivity index (χ4n) is 2.24. The molecule has 1 aliphatic rings. The zero-order valence-corrected chi connectivity index (χ0v) is 16.5. The number of halogens is 4. The number of ether oxygens (including phenoxy) is 2. The fraction of sp³-hybridized carbons (Fsp3) is 0.421. The van der Waals surface area contributed by atoms with Crippen molar-refractivity contribution in [3.63, 3.8) is 0 Å². The van der Waals surface area contributed by atoms with Crippen molar-refractivity contribution in [3.8, 4) is 11.5 Å². The predicted octanol–water partition coefficient (Wildman–Crippen LogP) is 5.67. The van der Waals surface area contributed by atoms with E-state index in [0.29, 0.717) is 12.1 Å². The maximum absolute atomic E-state index is 12.3. The molecule has 0 saturated carbocycles. The number of hydrogen-bond acceptors (Lipinski definition) is 5. The third-order valence-electron chi connectivity index (χ3n) is 3.33. The number of benzene rings is 1. The van der Waals surface area contributed by atoms with E-state index in [9.17, 15) is 17.6 Å². The van der Waals surface area contributed by atoms with Crippen LogP contribution in [-0.4, -0.2) is 22.7 Å². The molecule has 3 rings (SSSR count). The lowest BCUT2D eigenvalue weighted by atomic mass is 10.1. The van der Waals surface area contributed by atoms with Crippen molar-refractivity contribution < 1.29 is 27.0 Å². The molecule has 28 heavy (non-hydrogen) atoms. The third kappa shape index (κ3) is 7.93. The Bertz CT molecular complexity index is 766. The van der Waals surface area contributed by atoms with Gasteiger partial charge < -0.3 is 9.47 Å². The highest BCUT2D eigenvalue weighted by Gasteiger charge is 2.31. The van der Waals surface area contributed by atoms with Crippen LogP contribution >= 0.6 is 11.9 Å². The van der Waals surface area contributed by atoms with Crippen molar-refractivity contribution in [1.29, 1.82) is 0 Å². The minimum atomic E-state index is -4.77. The number of aromatic nitrogens is 1. The average Bonchev–Trinajstić information content (AvgIpc) is 2.58. The molecule has 0 bridgehead atoms.